The van der Waals surface area contributed by atoms with Gasteiger partial charge in [0.25, 0.3) is 0 Å². The summed E-state index contributed by atoms with van der Waals surface area (Å²) in [6.07, 6.45) is 0. The molecule has 0 bridgehead atoms. The molecular weight excluding hydrogens is 314 g/mol. The number of nitrogen functional groups attached to an aromatic ring is 1. The zero-order valence-corrected chi connectivity index (χ0v) is 12.5. The summed E-state index contributed by atoms with van der Waals surface area (Å²) in [4.78, 5) is 9.83. The maximum Gasteiger partial charge on any atom is 0.148 e. The minimum atomic E-state index is 0.648. The second-order valence-electron chi connectivity index (χ2n) is 3.78. The van der Waals surface area contributed by atoms with Crippen LogP contribution in [0.5, 0.6) is 0 Å². The fourth-order valence-corrected chi connectivity index (χ4v) is 2.99. The fraction of sp³-hybridized carbons (Fsp3) is 0.273. The van der Waals surface area contributed by atoms with Crippen LogP contribution in [-0.2, 0) is 6.54 Å². The topological polar surface area (TPSA) is 75.9 Å². The van der Waals surface area contributed by atoms with Gasteiger partial charge < -0.3 is 10.7 Å². The molecule has 0 spiro atoms. The normalized spacial score (nSPS) is 10.4. The summed E-state index contributed by atoms with van der Waals surface area (Å²) in [6, 6.07) is 2.03. The number of nitrogens with two attached hydrogens (primary N) is 1. The molecule has 0 saturated carbocycles. The Bertz CT molecular complexity index is 554. The van der Waals surface area contributed by atoms with Gasteiger partial charge in [-0.2, -0.15) is 0 Å². The largest absolute Gasteiger partial charge is 0.365 e. The molecule has 2 aromatic heterocycles. The second kappa shape index (κ2) is 5.64. The van der Waals surface area contributed by atoms with Gasteiger partial charge >= 0.3 is 0 Å². The maximum atomic E-state index is 5.43. The molecule has 2 aromatic rings. The van der Waals surface area contributed by atoms with Crippen molar-refractivity contribution in [1.82, 2.24) is 9.97 Å². The average molecular weight is 328 g/mol. The summed E-state index contributed by atoms with van der Waals surface area (Å²) in [5, 5.41) is 5.35. The Hall–Kier alpha value is -1.18. The van der Waals surface area contributed by atoms with Gasteiger partial charge in [0, 0.05) is 14.9 Å². The maximum absolute atomic E-state index is 5.43. The van der Waals surface area contributed by atoms with Gasteiger partial charge in [-0.25, -0.2) is 15.8 Å². The number of anilines is 2. The van der Waals surface area contributed by atoms with Gasteiger partial charge in [-0.15, -0.1) is 11.3 Å². The van der Waals surface area contributed by atoms with Crippen LogP contribution in [0.3, 0.4) is 0 Å². The third-order valence-electron chi connectivity index (χ3n) is 2.50. The van der Waals surface area contributed by atoms with Crippen molar-refractivity contribution in [3.63, 3.8) is 0 Å². The number of rotatable bonds is 4. The number of hydrazine groups is 1. The first-order valence-electron chi connectivity index (χ1n) is 5.39. The van der Waals surface area contributed by atoms with Crippen molar-refractivity contribution in [3.05, 3.63) is 32.2 Å². The molecule has 0 aliphatic rings. The van der Waals surface area contributed by atoms with E-state index in [1.807, 2.05) is 25.3 Å². The lowest BCUT2D eigenvalue weighted by molar-refractivity contribution is 1.00. The highest BCUT2D eigenvalue weighted by Crippen LogP contribution is 2.25. The SMILES string of the molecule is Cc1nc(NN)c(C)c(NCc2sccc2Br)n1. The minimum absolute atomic E-state index is 0.648. The van der Waals surface area contributed by atoms with Crippen molar-refractivity contribution in [3.8, 4) is 0 Å². The number of hydrogen-bond donors (Lipinski definition) is 3. The number of hydrogen-bond acceptors (Lipinski definition) is 6. The van der Waals surface area contributed by atoms with E-state index in [0.29, 0.717) is 11.6 Å². The summed E-state index contributed by atoms with van der Waals surface area (Å²) in [5.74, 6) is 7.56. The van der Waals surface area contributed by atoms with Crippen LogP contribution < -0.4 is 16.6 Å². The van der Waals surface area contributed by atoms with E-state index in [1.165, 1.54) is 4.88 Å². The average Bonchev–Trinajstić information content (AvgIpc) is 2.75. The Morgan fingerprint density at radius 2 is 2.06 bits per heavy atom. The van der Waals surface area contributed by atoms with Gasteiger partial charge in [0.15, 0.2) is 0 Å². The predicted molar refractivity (Wildman–Crippen MR) is 78.7 cm³/mol. The standard InChI is InChI=1S/C11H14BrN5S/c1-6-10(15-7(2)16-11(6)17-13)14-5-9-8(12)3-4-18-9/h3-4H,5,13H2,1-2H3,(H2,14,15,16,17). The molecule has 96 valence electrons. The van der Waals surface area contributed by atoms with Crippen LogP contribution in [0.4, 0.5) is 11.6 Å². The molecule has 0 radical (unpaired) electrons. The van der Waals surface area contributed by atoms with Crippen LogP contribution in [-0.4, -0.2) is 9.97 Å². The highest BCUT2D eigenvalue weighted by molar-refractivity contribution is 9.10. The zero-order chi connectivity index (χ0) is 13.1. The van der Waals surface area contributed by atoms with Crippen LogP contribution in [0.15, 0.2) is 15.9 Å². The van der Waals surface area contributed by atoms with Crippen LogP contribution in [0, 0.1) is 13.8 Å². The van der Waals surface area contributed by atoms with E-state index in [1.54, 1.807) is 11.3 Å². The Labute approximate surface area is 118 Å². The number of thiophene rings is 1. The molecule has 0 aliphatic carbocycles. The quantitative estimate of drug-likeness (QED) is 0.594. The Balaban J connectivity index is 2.19. The molecule has 0 aromatic carbocycles. The highest BCUT2D eigenvalue weighted by Gasteiger charge is 2.09. The van der Waals surface area contributed by atoms with Crippen LogP contribution in [0.2, 0.25) is 0 Å². The van der Waals surface area contributed by atoms with E-state index in [2.05, 4.69) is 36.6 Å². The van der Waals surface area contributed by atoms with Gasteiger partial charge in [-0.05, 0) is 41.2 Å². The molecule has 0 fully saturated rings. The van der Waals surface area contributed by atoms with E-state index in [0.717, 1.165) is 22.4 Å². The lowest BCUT2D eigenvalue weighted by atomic mass is 10.3. The monoisotopic (exact) mass is 327 g/mol. The van der Waals surface area contributed by atoms with E-state index >= 15 is 0 Å². The second-order valence-corrected chi connectivity index (χ2v) is 5.64. The van der Waals surface area contributed by atoms with Gasteiger partial charge in [0.1, 0.15) is 17.5 Å². The molecule has 5 nitrogen and oxygen atoms in total. The molecule has 0 unspecified atom stereocenters. The summed E-state index contributed by atoms with van der Waals surface area (Å²) >= 11 is 5.20. The van der Waals surface area contributed by atoms with Crippen molar-refractivity contribution < 1.29 is 0 Å². The zero-order valence-electron chi connectivity index (χ0n) is 10.1. The number of nitrogens with one attached hydrogen (secondary N) is 2. The van der Waals surface area contributed by atoms with Gasteiger partial charge in [-0.3, -0.25) is 0 Å². The van der Waals surface area contributed by atoms with Crippen LogP contribution in [0.25, 0.3) is 0 Å². The Kier molecular flexibility index (Phi) is 4.15. The molecule has 2 heterocycles. The molecule has 18 heavy (non-hydrogen) atoms. The summed E-state index contributed by atoms with van der Waals surface area (Å²) in [5.41, 5.74) is 3.50. The smallest absolute Gasteiger partial charge is 0.148 e. The van der Waals surface area contributed by atoms with E-state index in [-0.39, 0.29) is 0 Å². The van der Waals surface area contributed by atoms with Crippen LogP contribution >= 0.6 is 27.3 Å². The van der Waals surface area contributed by atoms with E-state index in [4.69, 9.17) is 5.84 Å². The number of nitrogens with zero attached hydrogens (tertiary/aromatic N) is 2. The van der Waals surface area contributed by atoms with Crippen LogP contribution in [0.1, 0.15) is 16.3 Å². The molecule has 4 N–H and O–H groups in total. The lowest BCUT2D eigenvalue weighted by Gasteiger charge is -2.12. The molecule has 2 rings (SSSR count). The lowest BCUT2D eigenvalue weighted by Crippen LogP contribution is -2.14. The molecule has 0 atom stereocenters. The van der Waals surface area contributed by atoms with Gasteiger partial charge in [0.2, 0.25) is 0 Å². The number of aromatic nitrogens is 2. The van der Waals surface area contributed by atoms with Crippen molar-refractivity contribution in [2.75, 3.05) is 10.7 Å². The molecule has 0 aliphatic heterocycles. The first-order valence-corrected chi connectivity index (χ1v) is 7.06. The molecule has 0 saturated heterocycles. The molecular formula is C11H14BrN5S. The predicted octanol–water partition coefficient (Wildman–Crippen LogP) is 2.82. The summed E-state index contributed by atoms with van der Waals surface area (Å²) in [6.45, 7) is 4.49. The first-order chi connectivity index (χ1) is 8.61. The first kappa shape index (κ1) is 13.3. The summed E-state index contributed by atoms with van der Waals surface area (Å²) in [7, 11) is 0. The Morgan fingerprint density at radius 1 is 1.33 bits per heavy atom. The molecule has 0 amide bonds. The van der Waals surface area contributed by atoms with Crippen molar-refractivity contribution in [2.45, 2.75) is 20.4 Å². The number of halogens is 1. The van der Waals surface area contributed by atoms with Gasteiger partial charge in [0.05, 0.1) is 6.54 Å². The fourth-order valence-electron chi connectivity index (χ4n) is 1.56. The molecule has 7 heteroatoms. The third kappa shape index (κ3) is 2.80. The Morgan fingerprint density at radius 3 is 2.67 bits per heavy atom. The van der Waals surface area contributed by atoms with Crippen molar-refractivity contribution in [2.24, 2.45) is 5.84 Å². The van der Waals surface area contributed by atoms with Crippen molar-refractivity contribution in [1.29, 1.82) is 0 Å². The van der Waals surface area contributed by atoms with Gasteiger partial charge in [-0.1, -0.05) is 0 Å². The van der Waals surface area contributed by atoms with Crippen molar-refractivity contribution >= 4 is 38.9 Å². The highest BCUT2D eigenvalue weighted by atomic mass is 79.9. The number of aryl methyl sites for hydroxylation is 1. The van der Waals surface area contributed by atoms with E-state index < -0.39 is 0 Å². The third-order valence-corrected chi connectivity index (χ3v) is 4.43. The van der Waals surface area contributed by atoms with E-state index in [9.17, 15) is 0 Å². The summed E-state index contributed by atoms with van der Waals surface area (Å²) < 4.78 is 1.11. The minimum Gasteiger partial charge on any atom is -0.365 e.